The molecule has 6 nitrogen and oxygen atoms in total. The second-order valence-electron chi connectivity index (χ2n) is 5.24. The zero-order valence-corrected chi connectivity index (χ0v) is 11.4. The first kappa shape index (κ1) is 14.0. The lowest BCUT2D eigenvalue weighted by molar-refractivity contribution is -0.153. The van der Waals surface area contributed by atoms with Gasteiger partial charge in [0.25, 0.3) is 0 Å². The molecule has 2 rings (SSSR count). The quantitative estimate of drug-likeness (QED) is 0.773. The van der Waals surface area contributed by atoms with E-state index in [0.717, 1.165) is 12.8 Å². The van der Waals surface area contributed by atoms with Crippen molar-refractivity contribution in [3.8, 4) is 0 Å². The summed E-state index contributed by atoms with van der Waals surface area (Å²) in [5.74, 6) is -0.772. The molecule has 0 aromatic heterocycles. The van der Waals surface area contributed by atoms with E-state index in [2.05, 4.69) is 5.32 Å². The number of hydrogen-bond acceptors (Lipinski definition) is 4. The minimum Gasteiger partial charge on any atom is -0.383 e. The molecule has 0 radical (unpaired) electrons. The number of ether oxygens (including phenoxy) is 1. The molecule has 1 aliphatic carbocycles. The van der Waals surface area contributed by atoms with Crippen molar-refractivity contribution in [1.29, 1.82) is 0 Å². The third-order valence-electron chi connectivity index (χ3n) is 4.15. The Kier molecular flexibility index (Phi) is 3.89. The lowest BCUT2D eigenvalue weighted by atomic mass is 9.81. The average molecular weight is 268 g/mol. The molecule has 0 aromatic rings. The summed E-state index contributed by atoms with van der Waals surface area (Å²) < 4.78 is 5.06. The van der Waals surface area contributed by atoms with Crippen LogP contribution in [0.5, 0.6) is 0 Å². The van der Waals surface area contributed by atoms with Gasteiger partial charge < -0.3 is 4.74 Å². The first-order valence-electron chi connectivity index (χ1n) is 6.75. The highest BCUT2D eigenvalue weighted by molar-refractivity contribution is 6.19. The van der Waals surface area contributed by atoms with Gasteiger partial charge in [-0.2, -0.15) is 0 Å². The standard InChI is InChI=1S/C13H20N2O4/c1-3-9(8-19-2)15-11(17)13(6-4-5-7-13)10(16)14-12(15)18/h9H,3-8H2,1-2H3,(H,14,16,18). The van der Waals surface area contributed by atoms with Crippen LogP contribution in [0.15, 0.2) is 0 Å². The van der Waals surface area contributed by atoms with Gasteiger partial charge in [-0.1, -0.05) is 19.8 Å². The smallest absolute Gasteiger partial charge is 0.331 e. The Morgan fingerprint density at radius 2 is 1.95 bits per heavy atom. The highest BCUT2D eigenvalue weighted by Gasteiger charge is 2.56. The van der Waals surface area contributed by atoms with Gasteiger partial charge in [0.15, 0.2) is 0 Å². The summed E-state index contributed by atoms with van der Waals surface area (Å²) in [6.07, 6.45) is 3.37. The Balaban J connectivity index is 2.30. The van der Waals surface area contributed by atoms with Gasteiger partial charge in [-0.15, -0.1) is 0 Å². The van der Waals surface area contributed by atoms with E-state index in [-0.39, 0.29) is 11.9 Å². The van der Waals surface area contributed by atoms with E-state index in [1.807, 2.05) is 6.92 Å². The lowest BCUT2D eigenvalue weighted by Gasteiger charge is -2.40. The number of nitrogens with one attached hydrogen (secondary N) is 1. The molecule has 1 N–H and O–H groups in total. The van der Waals surface area contributed by atoms with Crippen molar-refractivity contribution in [2.75, 3.05) is 13.7 Å². The van der Waals surface area contributed by atoms with Crippen LogP contribution in [0.4, 0.5) is 4.79 Å². The number of carbonyl (C=O) groups excluding carboxylic acids is 3. The molecule has 1 heterocycles. The summed E-state index contributed by atoms with van der Waals surface area (Å²) >= 11 is 0. The Hall–Kier alpha value is -1.43. The van der Waals surface area contributed by atoms with Gasteiger partial charge in [0, 0.05) is 7.11 Å². The third-order valence-corrected chi connectivity index (χ3v) is 4.15. The molecule has 0 aromatic carbocycles. The first-order chi connectivity index (χ1) is 9.06. The fourth-order valence-electron chi connectivity index (χ4n) is 3.02. The molecule has 4 amide bonds. The molecule has 1 spiro atoms. The largest absolute Gasteiger partial charge is 0.383 e. The summed E-state index contributed by atoms with van der Waals surface area (Å²) in [5, 5.41) is 2.34. The van der Waals surface area contributed by atoms with E-state index < -0.39 is 17.4 Å². The molecule has 1 unspecified atom stereocenters. The Morgan fingerprint density at radius 1 is 1.32 bits per heavy atom. The van der Waals surface area contributed by atoms with Gasteiger partial charge >= 0.3 is 6.03 Å². The zero-order chi connectivity index (χ0) is 14.0. The SMILES string of the molecule is CCC(COC)N1C(=O)NC(=O)C2(CCCC2)C1=O. The van der Waals surface area contributed by atoms with Crippen molar-refractivity contribution < 1.29 is 19.1 Å². The normalized spacial score (nSPS) is 23.9. The lowest BCUT2D eigenvalue weighted by Crippen LogP contribution is -2.65. The van der Waals surface area contributed by atoms with Crippen LogP contribution in [0.25, 0.3) is 0 Å². The summed E-state index contributed by atoms with van der Waals surface area (Å²) in [6.45, 7) is 2.18. The number of rotatable bonds is 4. The van der Waals surface area contributed by atoms with Crippen LogP contribution in [-0.4, -0.2) is 42.5 Å². The number of amides is 4. The maximum Gasteiger partial charge on any atom is 0.331 e. The fourth-order valence-corrected chi connectivity index (χ4v) is 3.02. The van der Waals surface area contributed by atoms with Crippen LogP contribution >= 0.6 is 0 Å². The molecule has 2 aliphatic rings. The minimum atomic E-state index is -1.02. The van der Waals surface area contributed by atoms with Gasteiger partial charge in [0.1, 0.15) is 5.41 Å². The molecule has 6 heteroatoms. The van der Waals surface area contributed by atoms with Crippen molar-refractivity contribution >= 4 is 17.8 Å². The minimum absolute atomic E-state index is 0.292. The fraction of sp³-hybridized carbons (Fsp3) is 0.769. The molecule has 106 valence electrons. The van der Waals surface area contributed by atoms with E-state index >= 15 is 0 Å². The highest BCUT2D eigenvalue weighted by atomic mass is 16.5. The van der Waals surface area contributed by atoms with Gasteiger partial charge in [0.2, 0.25) is 11.8 Å². The van der Waals surface area contributed by atoms with Crippen LogP contribution < -0.4 is 5.32 Å². The van der Waals surface area contributed by atoms with E-state index in [9.17, 15) is 14.4 Å². The predicted octanol–water partition coefficient (Wildman–Crippen LogP) is 1.05. The van der Waals surface area contributed by atoms with Gasteiger partial charge in [-0.25, -0.2) is 4.79 Å². The molecule has 0 bridgehead atoms. The van der Waals surface area contributed by atoms with Crippen molar-refractivity contribution in [2.45, 2.75) is 45.1 Å². The van der Waals surface area contributed by atoms with Crippen LogP contribution in [-0.2, 0) is 14.3 Å². The average Bonchev–Trinajstić information content (AvgIpc) is 2.86. The monoisotopic (exact) mass is 268 g/mol. The van der Waals surface area contributed by atoms with Crippen molar-refractivity contribution in [3.05, 3.63) is 0 Å². The van der Waals surface area contributed by atoms with Crippen molar-refractivity contribution in [2.24, 2.45) is 5.41 Å². The van der Waals surface area contributed by atoms with Gasteiger partial charge in [-0.05, 0) is 19.3 Å². The predicted molar refractivity (Wildman–Crippen MR) is 67.2 cm³/mol. The summed E-state index contributed by atoms with van der Waals surface area (Å²) in [7, 11) is 1.53. The number of urea groups is 1. The van der Waals surface area contributed by atoms with Gasteiger partial charge in [0.05, 0.1) is 12.6 Å². The number of carbonyl (C=O) groups is 3. The second kappa shape index (κ2) is 5.28. The molecule has 1 saturated carbocycles. The second-order valence-corrected chi connectivity index (χ2v) is 5.24. The Morgan fingerprint density at radius 3 is 2.47 bits per heavy atom. The molecular weight excluding hydrogens is 248 g/mol. The Bertz CT molecular complexity index is 401. The number of imide groups is 2. The van der Waals surface area contributed by atoms with Gasteiger partial charge in [-0.3, -0.25) is 19.8 Å². The van der Waals surface area contributed by atoms with E-state index in [4.69, 9.17) is 4.74 Å². The van der Waals surface area contributed by atoms with E-state index in [1.54, 1.807) is 0 Å². The maximum absolute atomic E-state index is 12.6. The van der Waals surface area contributed by atoms with E-state index in [0.29, 0.717) is 25.9 Å². The third kappa shape index (κ3) is 2.14. The van der Waals surface area contributed by atoms with Crippen LogP contribution in [0.2, 0.25) is 0 Å². The highest BCUT2D eigenvalue weighted by Crippen LogP contribution is 2.42. The summed E-state index contributed by atoms with van der Waals surface area (Å²) in [6, 6.07) is -0.931. The number of methoxy groups -OCH3 is 1. The van der Waals surface area contributed by atoms with Crippen LogP contribution in [0.3, 0.4) is 0 Å². The molecule has 1 aliphatic heterocycles. The van der Waals surface area contributed by atoms with Crippen molar-refractivity contribution in [1.82, 2.24) is 10.2 Å². The molecule has 1 saturated heterocycles. The summed E-state index contributed by atoms with van der Waals surface area (Å²) in [5.41, 5.74) is -1.02. The zero-order valence-electron chi connectivity index (χ0n) is 11.4. The van der Waals surface area contributed by atoms with E-state index in [1.165, 1.54) is 12.0 Å². The number of nitrogens with zero attached hydrogens (tertiary/aromatic N) is 1. The maximum atomic E-state index is 12.6. The molecule has 19 heavy (non-hydrogen) atoms. The first-order valence-corrected chi connectivity index (χ1v) is 6.75. The van der Waals surface area contributed by atoms with Crippen LogP contribution in [0.1, 0.15) is 39.0 Å². The topological polar surface area (TPSA) is 75.7 Å². The molecule has 2 fully saturated rings. The summed E-state index contributed by atoms with van der Waals surface area (Å²) in [4.78, 5) is 37.8. The Labute approximate surface area is 112 Å². The van der Waals surface area contributed by atoms with Crippen LogP contribution in [0, 0.1) is 5.41 Å². The number of hydrogen-bond donors (Lipinski definition) is 1. The number of barbiturate groups is 1. The molecular formula is C13H20N2O4. The molecule has 1 atom stereocenters. The van der Waals surface area contributed by atoms with Crippen molar-refractivity contribution in [3.63, 3.8) is 0 Å².